The number of hydrogen-bond donors (Lipinski definition) is 0. The first-order valence-electron chi connectivity index (χ1n) is 10.4. The zero-order valence-corrected chi connectivity index (χ0v) is 19.3. The quantitative estimate of drug-likeness (QED) is 0.292. The van der Waals surface area contributed by atoms with Crippen LogP contribution in [0.1, 0.15) is 37.0 Å². The molecule has 0 saturated heterocycles. The number of carbonyl (C=O) groups is 1. The summed E-state index contributed by atoms with van der Waals surface area (Å²) in [7, 11) is 3.42. The molecule has 8 nitrogen and oxygen atoms in total. The molecule has 0 bridgehead atoms. The van der Waals surface area contributed by atoms with Crippen molar-refractivity contribution < 1.29 is 9.72 Å². The summed E-state index contributed by atoms with van der Waals surface area (Å²) in [6, 6.07) is 12.8. The molecule has 0 spiro atoms. The number of nitrogens with zero attached hydrogens (tertiary/aromatic N) is 5. The maximum absolute atomic E-state index is 12.1. The van der Waals surface area contributed by atoms with Gasteiger partial charge in [0.1, 0.15) is 5.84 Å². The molecule has 0 aliphatic carbocycles. The number of nitro groups is 1. The lowest BCUT2D eigenvalue weighted by atomic mass is 9.93. The fourth-order valence-corrected chi connectivity index (χ4v) is 5.02. The molecule has 32 heavy (non-hydrogen) atoms. The van der Waals surface area contributed by atoms with Crippen LogP contribution < -0.4 is 4.90 Å². The van der Waals surface area contributed by atoms with Crippen molar-refractivity contribution in [1.82, 2.24) is 5.01 Å². The normalized spacial score (nSPS) is 18.3. The topological polar surface area (TPSA) is 91.4 Å². The van der Waals surface area contributed by atoms with Crippen molar-refractivity contribution in [2.75, 3.05) is 25.5 Å². The van der Waals surface area contributed by atoms with Crippen molar-refractivity contribution >= 4 is 39.9 Å². The Bertz CT molecular complexity index is 1140. The number of amidine groups is 1. The predicted octanol–water partition coefficient (Wildman–Crippen LogP) is 4.71. The van der Waals surface area contributed by atoms with Gasteiger partial charge in [-0.25, -0.2) is 5.01 Å². The highest BCUT2D eigenvalue weighted by molar-refractivity contribution is 8.15. The van der Waals surface area contributed by atoms with E-state index in [9.17, 15) is 14.9 Å². The molecule has 0 unspecified atom stereocenters. The summed E-state index contributed by atoms with van der Waals surface area (Å²) in [5.41, 5.74) is 5.05. The van der Waals surface area contributed by atoms with Crippen molar-refractivity contribution in [3.63, 3.8) is 0 Å². The van der Waals surface area contributed by atoms with Gasteiger partial charge in [0, 0.05) is 44.0 Å². The lowest BCUT2D eigenvalue weighted by Gasteiger charge is -2.35. The van der Waals surface area contributed by atoms with E-state index in [1.807, 2.05) is 19.9 Å². The predicted molar refractivity (Wildman–Crippen MR) is 129 cm³/mol. The van der Waals surface area contributed by atoms with Gasteiger partial charge in [0.15, 0.2) is 0 Å². The van der Waals surface area contributed by atoms with Gasteiger partial charge in [-0.3, -0.25) is 19.9 Å². The van der Waals surface area contributed by atoms with Crippen LogP contribution in [0, 0.1) is 10.1 Å². The number of nitro benzene ring substituents is 1. The maximum atomic E-state index is 12.1. The Morgan fingerprint density at radius 2 is 1.94 bits per heavy atom. The second-order valence-electron chi connectivity index (χ2n) is 8.30. The highest BCUT2D eigenvalue weighted by Gasteiger charge is 2.36. The summed E-state index contributed by atoms with van der Waals surface area (Å²) >= 11 is 1.28. The number of amides is 1. The van der Waals surface area contributed by atoms with Gasteiger partial charge in [0.05, 0.1) is 15.4 Å². The van der Waals surface area contributed by atoms with Gasteiger partial charge in [-0.2, -0.15) is 5.10 Å². The van der Waals surface area contributed by atoms with E-state index < -0.39 is 9.67 Å². The van der Waals surface area contributed by atoms with Crippen LogP contribution in [-0.4, -0.2) is 52.1 Å². The summed E-state index contributed by atoms with van der Waals surface area (Å²) < 4.78 is -0.416. The van der Waals surface area contributed by atoms with E-state index in [0.717, 1.165) is 47.7 Å². The molecular weight excluding hydrogens is 426 g/mol. The zero-order chi connectivity index (χ0) is 23.0. The third-order valence-electron chi connectivity index (χ3n) is 5.70. The Labute approximate surface area is 191 Å². The molecule has 2 aliphatic rings. The molecule has 2 aliphatic heterocycles. The average Bonchev–Trinajstić information content (AvgIpc) is 2.76. The van der Waals surface area contributed by atoms with Crippen LogP contribution in [0.15, 0.2) is 52.6 Å². The minimum atomic E-state index is -0.416. The van der Waals surface area contributed by atoms with Crippen molar-refractivity contribution in [2.45, 2.75) is 31.4 Å². The number of benzene rings is 2. The van der Waals surface area contributed by atoms with E-state index in [1.54, 1.807) is 26.2 Å². The number of carbonyl (C=O) groups excluding carboxylic acids is 1. The number of fused-ring (bicyclic) bond motifs is 1. The molecule has 1 amide bonds. The maximum Gasteiger partial charge on any atom is 0.302 e. The first kappa shape index (κ1) is 22.0. The monoisotopic (exact) mass is 451 g/mol. The first-order valence-corrected chi connectivity index (χ1v) is 11.2. The smallest absolute Gasteiger partial charge is 0.302 e. The Morgan fingerprint density at radius 1 is 1.22 bits per heavy atom. The molecule has 0 radical (unpaired) electrons. The van der Waals surface area contributed by atoms with Crippen LogP contribution in [0.2, 0.25) is 0 Å². The number of thioether (sulfide) groups is 1. The minimum Gasteiger partial charge on any atom is -0.326 e. The number of anilines is 1. The number of aryl methyl sites for hydroxylation is 1. The van der Waals surface area contributed by atoms with Gasteiger partial charge >= 0.3 is 5.24 Å². The second-order valence-corrected chi connectivity index (χ2v) is 9.87. The standard InChI is InChI=1S/C23H25N5O3S/c1-23(2)20(25-26(4)22(29)32-23)17-9-12-19-16(14-17)6-5-13-27(19)21(24-3)15-7-10-18(11-8-15)28(30)31/h7-12,14H,5-6,13H2,1-4H3/b24-21-. The molecule has 0 fully saturated rings. The third-order valence-corrected chi connectivity index (χ3v) is 6.84. The molecule has 2 aromatic carbocycles. The summed E-state index contributed by atoms with van der Waals surface area (Å²) in [6.07, 6.45) is 1.90. The number of rotatable bonds is 3. The Kier molecular flexibility index (Phi) is 5.77. The number of hydrazone groups is 1. The van der Waals surface area contributed by atoms with Crippen LogP contribution in [0.4, 0.5) is 16.2 Å². The van der Waals surface area contributed by atoms with Crippen molar-refractivity contribution in [3.8, 4) is 0 Å². The molecule has 0 N–H and O–H groups in total. The van der Waals surface area contributed by atoms with Crippen LogP contribution in [0.25, 0.3) is 0 Å². The van der Waals surface area contributed by atoms with E-state index in [-0.39, 0.29) is 10.9 Å². The highest BCUT2D eigenvalue weighted by atomic mass is 32.2. The van der Waals surface area contributed by atoms with E-state index in [4.69, 9.17) is 0 Å². The Morgan fingerprint density at radius 3 is 2.59 bits per heavy atom. The molecule has 0 saturated carbocycles. The largest absolute Gasteiger partial charge is 0.326 e. The van der Waals surface area contributed by atoms with Crippen molar-refractivity contribution in [1.29, 1.82) is 0 Å². The third kappa shape index (κ3) is 4.00. The van der Waals surface area contributed by atoms with Gasteiger partial charge in [-0.1, -0.05) is 17.8 Å². The fraction of sp³-hybridized carbons (Fsp3) is 0.348. The van der Waals surface area contributed by atoms with E-state index in [0.29, 0.717) is 0 Å². The Balaban J connectivity index is 1.70. The molecule has 2 aromatic rings. The lowest BCUT2D eigenvalue weighted by Crippen LogP contribution is -2.40. The molecule has 0 aromatic heterocycles. The summed E-state index contributed by atoms with van der Waals surface area (Å²) in [4.78, 5) is 29.4. The van der Waals surface area contributed by atoms with E-state index >= 15 is 0 Å². The van der Waals surface area contributed by atoms with Crippen molar-refractivity contribution in [2.24, 2.45) is 10.1 Å². The fourth-order valence-electron chi connectivity index (χ4n) is 4.15. The van der Waals surface area contributed by atoms with Gasteiger partial charge in [-0.05, 0) is 62.1 Å². The molecule has 4 rings (SSSR count). The van der Waals surface area contributed by atoms with Crippen LogP contribution in [0.3, 0.4) is 0 Å². The molecule has 0 atom stereocenters. The number of aliphatic imine (C=N–C) groups is 1. The zero-order valence-electron chi connectivity index (χ0n) is 18.5. The average molecular weight is 452 g/mol. The molecular formula is C23H25N5O3S. The SMILES string of the molecule is C/N=C(/c1ccc([N+](=O)[O-])cc1)N1CCCc2cc(C3=NN(C)C(=O)SC3(C)C)ccc21. The molecule has 2 heterocycles. The van der Waals surface area contributed by atoms with Crippen molar-refractivity contribution in [3.05, 3.63) is 69.3 Å². The van der Waals surface area contributed by atoms with Gasteiger partial charge in [-0.15, -0.1) is 0 Å². The number of non-ortho nitro benzene ring substituents is 1. The molecule has 9 heteroatoms. The van der Waals surface area contributed by atoms with Gasteiger partial charge in [0.2, 0.25) is 0 Å². The molecule has 166 valence electrons. The highest BCUT2D eigenvalue weighted by Crippen LogP contribution is 2.37. The van der Waals surface area contributed by atoms with Crippen LogP contribution in [-0.2, 0) is 6.42 Å². The number of hydrogen-bond acceptors (Lipinski definition) is 6. The summed E-state index contributed by atoms with van der Waals surface area (Å²) in [6.45, 7) is 4.85. The minimum absolute atomic E-state index is 0.0603. The van der Waals surface area contributed by atoms with Gasteiger partial charge in [0.25, 0.3) is 5.69 Å². The Hall–Kier alpha value is -3.20. The van der Waals surface area contributed by atoms with Crippen LogP contribution >= 0.6 is 11.8 Å². The van der Waals surface area contributed by atoms with Crippen LogP contribution in [0.5, 0.6) is 0 Å². The second kappa shape index (κ2) is 8.38. The summed E-state index contributed by atoms with van der Waals surface area (Å²) in [5, 5.41) is 16.9. The van der Waals surface area contributed by atoms with E-state index in [2.05, 4.69) is 27.1 Å². The van der Waals surface area contributed by atoms with Gasteiger partial charge < -0.3 is 4.90 Å². The first-order chi connectivity index (χ1) is 15.2. The summed E-state index contributed by atoms with van der Waals surface area (Å²) in [5.74, 6) is 0.782. The lowest BCUT2D eigenvalue weighted by molar-refractivity contribution is -0.384. The van der Waals surface area contributed by atoms with E-state index in [1.165, 1.54) is 34.5 Å².